The van der Waals surface area contributed by atoms with E-state index in [1.54, 1.807) is 12.1 Å². The lowest BCUT2D eigenvalue weighted by Crippen LogP contribution is -2.39. The summed E-state index contributed by atoms with van der Waals surface area (Å²) >= 11 is 0. The number of carboxylic acid groups (broad SMARTS) is 1. The molecular weight excluding hydrogens is 636 g/mol. The molecule has 2 atom stereocenters. The van der Waals surface area contributed by atoms with Crippen LogP contribution in [0.5, 0.6) is 11.5 Å². The number of carbonyl (C=O) groups is 2. The van der Waals surface area contributed by atoms with Gasteiger partial charge in [-0.2, -0.15) is 0 Å². The average molecular weight is 677 g/mol. The lowest BCUT2D eigenvalue weighted by atomic mass is 9.97. The molecule has 4 aromatic carbocycles. The molecule has 11 nitrogen and oxygen atoms in total. The molecule has 11 heteroatoms. The summed E-state index contributed by atoms with van der Waals surface area (Å²) in [5.74, 6) is 0.890. The van der Waals surface area contributed by atoms with E-state index in [-0.39, 0.29) is 29.7 Å². The summed E-state index contributed by atoms with van der Waals surface area (Å²) in [4.78, 5) is 40.9. The van der Waals surface area contributed by atoms with Gasteiger partial charge in [0.15, 0.2) is 0 Å². The van der Waals surface area contributed by atoms with Crippen LogP contribution in [0.3, 0.4) is 0 Å². The van der Waals surface area contributed by atoms with Crippen LogP contribution < -0.4 is 20.9 Å². The summed E-state index contributed by atoms with van der Waals surface area (Å²) in [6.45, 7) is 2.50. The molecule has 1 saturated heterocycles. The van der Waals surface area contributed by atoms with Crippen molar-refractivity contribution in [3.63, 3.8) is 0 Å². The van der Waals surface area contributed by atoms with Gasteiger partial charge in [0, 0.05) is 43.2 Å². The molecule has 0 bridgehead atoms. The van der Waals surface area contributed by atoms with E-state index >= 15 is 0 Å². The maximum atomic E-state index is 13.3. The lowest BCUT2D eigenvalue weighted by Gasteiger charge is -2.32. The fraction of sp³-hybridized carbons (Fsp3) is 0.256. The standard InChI is InChI=1S/C39H40N4O7/c44-33-15-13-31(32-14-16-35(46)41-37(32)33)34(45)23-40-22-25-9-11-28(12-10-25)38(47)43-19-17-26(18-20-43)24-50-30-8-4-7-29(21-30)36(42-39(48)49)27-5-2-1-3-6-27/h1-16,21,26,34,36,40,42,44-45H,17-20,22-24H2,(H,41,46)(H,48,49)/t34?,36-/m0/s1. The van der Waals surface area contributed by atoms with Gasteiger partial charge in [-0.15, -0.1) is 0 Å². The van der Waals surface area contributed by atoms with Crippen molar-refractivity contribution in [2.45, 2.75) is 31.5 Å². The van der Waals surface area contributed by atoms with E-state index in [4.69, 9.17) is 4.74 Å². The third kappa shape index (κ3) is 8.31. The van der Waals surface area contributed by atoms with Crippen molar-refractivity contribution in [1.29, 1.82) is 0 Å². The zero-order valence-corrected chi connectivity index (χ0v) is 27.4. The number of piperidine rings is 1. The quantitative estimate of drug-likeness (QED) is 0.103. The summed E-state index contributed by atoms with van der Waals surface area (Å²) in [5.41, 5.74) is 3.76. The normalized spacial score (nSPS) is 14.6. The van der Waals surface area contributed by atoms with Crippen LogP contribution >= 0.6 is 0 Å². The van der Waals surface area contributed by atoms with Crippen LogP contribution in [0, 0.1) is 5.92 Å². The molecule has 1 aliphatic rings. The molecule has 258 valence electrons. The third-order valence-corrected chi connectivity index (χ3v) is 9.11. The smallest absolute Gasteiger partial charge is 0.405 e. The fourth-order valence-electron chi connectivity index (χ4n) is 6.39. The molecule has 2 heterocycles. The Morgan fingerprint density at radius 1 is 0.900 bits per heavy atom. The van der Waals surface area contributed by atoms with Crippen molar-refractivity contribution in [2.75, 3.05) is 26.2 Å². The molecule has 0 saturated carbocycles. The summed E-state index contributed by atoms with van der Waals surface area (Å²) in [7, 11) is 0. The first-order valence-electron chi connectivity index (χ1n) is 16.6. The van der Waals surface area contributed by atoms with Crippen molar-refractivity contribution >= 4 is 22.9 Å². The van der Waals surface area contributed by atoms with Crippen LogP contribution in [-0.4, -0.2) is 63.4 Å². The zero-order chi connectivity index (χ0) is 35.0. The number of likely N-dealkylation sites (tertiary alicyclic amines) is 1. The van der Waals surface area contributed by atoms with E-state index < -0.39 is 18.2 Å². The number of carbonyl (C=O) groups excluding carboxylic acids is 1. The monoisotopic (exact) mass is 676 g/mol. The number of phenols is 1. The highest BCUT2D eigenvalue weighted by Crippen LogP contribution is 2.29. The number of aromatic hydroxyl groups is 1. The predicted molar refractivity (Wildman–Crippen MR) is 189 cm³/mol. The van der Waals surface area contributed by atoms with E-state index in [9.17, 15) is 29.7 Å². The molecule has 0 radical (unpaired) electrons. The van der Waals surface area contributed by atoms with Crippen LogP contribution in [0.15, 0.2) is 108 Å². The molecule has 50 heavy (non-hydrogen) atoms. The molecule has 2 amide bonds. The molecule has 5 aromatic rings. The van der Waals surface area contributed by atoms with E-state index in [0.717, 1.165) is 29.5 Å². The number of aromatic nitrogens is 1. The minimum atomic E-state index is -1.10. The van der Waals surface area contributed by atoms with E-state index in [0.29, 0.717) is 54.0 Å². The number of H-pyrrole nitrogens is 1. The van der Waals surface area contributed by atoms with Crippen molar-refractivity contribution in [2.24, 2.45) is 5.92 Å². The number of hydrogen-bond donors (Lipinski definition) is 6. The van der Waals surface area contributed by atoms with Gasteiger partial charge in [-0.25, -0.2) is 4.79 Å². The second-order valence-corrected chi connectivity index (χ2v) is 12.5. The van der Waals surface area contributed by atoms with E-state index in [1.807, 2.05) is 83.8 Å². The maximum Gasteiger partial charge on any atom is 0.405 e. The van der Waals surface area contributed by atoms with Crippen LogP contribution in [0.4, 0.5) is 4.79 Å². The first kappa shape index (κ1) is 34.2. The third-order valence-electron chi connectivity index (χ3n) is 9.11. The van der Waals surface area contributed by atoms with Gasteiger partial charge in [-0.3, -0.25) is 9.59 Å². The Labute approximate surface area is 289 Å². The molecule has 1 aromatic heterocycles. The highest BCUT2D eigenvalue weighted by molar-refractivity contribution is 5.94. The molecule has 0 aliphatic carbocycles. The highest BCUT2D eigenvalue weighted by Gasteiger charge is 2.25. The number of ether oxygens (including phenoxy) is 1. The molecule has 1 aliphatic heterocycles. The first-order chi connectivity index (χ1) is 24.2. The number of nitrogens with zero attached hydrogens (tertiary/aromatic N) is 1. The highest BCUT2D eigenvalue weighted by atomic mass is 16.5. The molecule has 1 fully saturated rings. The molecular formula is C39H40N4O7. The number of hydrogen-bond acceptors (Lipinski definition) is 7. The second-order valence-electron chi connectivity index (χ2n) is 12.5. The number of rotatable bonds is 12. The topological polar surface area (TPSA) is 164 Å². The first-order valence-corrected chi connectivity index (χ1v) is 16.6. The summed E-state index contributed by atoms with van der Waals surface area (Å²) in [6.07, 6.45) is -0.337. The largest absolute Gasteiger partial charge is 0.506 e. The van der Waals surface area contributed by atoms with Gasteiger partial charge >= 0.3 is 6.09 Å². The van der Waals surface area contributed by atoms with Crippen LogP contribution in [0.1, 0.15) is 57.6 Å². The maximum absolute atomic E-state index is 13.3. The van der Waals surface area contributed by atoms with E-state index in [2.05, 4.69) is 15.6 Å². The van der Waals surface area contributed by atoms with Crippen molar-refractivity contribution in [3.8, 4) is 11.5 Å². The van der Waals surface area contributed by atoms with Gasteiger partial charge < -0.3 is 40.6 Å². The van der Waals surface area contributed by atoms with Crippen molar-refractivity contribution < 1.29 is 29.6 Å². The van der Waals surface area contributed by atoms with Gasteiger partial charge in [-0.1, -0.05) is 60.7 Å². The predicted octanol–water partition coefficient (Wildman–Crippen LogP) is 5.35. The molecule has 6 N–H and O–H groups in total. The van der Waals surface area contributed by atoms with Gasteiger partial charge in [0.2, 0.25) is 5.56 Å². The fourth-order valence-corrected chi connectivity index (χ4v) is 6.39. The van der Waals surface area contributed by atoms with Gasteiger partial charge in [0.1, 0.15) is 11.5 Å². The Morgan fingerprint density at radius 2 is 1.64 bits per heavy atom. The minimum Gasteiger partial charge on any atom is -0.506 e. The number of fused-ring (bicyclic) bond motifs is 1. The molecule has 1 unspecified atom stereocenters. The summed E-state index contributed by atoms with van der Waals surface area (Å²) in [5, 5.41) is 36.7. The lowest BCUT2D eigenvalue weighted by molar-refractivity contribution is 0.0661. The number of amides is 2. The Balaban J connectivity index is 0.963. The number of phenolic OH excluding ortho intramolecular Hbond substituents is 1. The van der Waals surface area contributed by atoms with Crippen molar-refractivity contribution in [3.05, 3.63) is 141 Å². The van der Waals surface area contributed by atoms with E-state index in [1.165, 1.54) is 12.1 Å². The van der Waals surface area contributed by atoms with Crippen molar-refractivity contribution in [1.82, 2.24) is 20.5 Å². The van der Waals surface area contributed by atoms with Gasteiger partial charge in [-0.05, 0) is 77.4 Å². The minimum absolute atomic E-state index is 0.0119. The van der Waals surface area contributed by atoms with Crippen LogP contribution in [0.2, 0.25) is 0 Å². The molecule has 6 rings (SSSR count). The van der Waals surface area contributed by atoms with Gasteiger partial charge in [0.25, 0.3) is 5.91 Å². The Hall–Kier alpha value is -5.65. The summed E-state index contributed by atoms with van der Waals surface area (Å²) < 4.78 is 6.15. The molecule has 0 spiro atoms. The number of pyridine rings is 1. The number of aliphatic hydroxyl groups is 1. The number of nitrogens with one attached hydrogen (secondary N) is 3. The SMILES string of the molecule is O=C(O)N[C@@H](c1ccccc1)c1cccc(OCC2CCN(C(=O)c3ccc(CNCC(O)c4ccc(O)c5[nH]c(=O)ccc45)cc3)CC2)c1. The Kier molecular flexibility index (Phi) is 10.8. The summed E-state index contributed by atoms with van der Waals surface area (Å²) in [6, 6.07) is 29.9. The second kappa shape index (κ2) is 15.7. The Bertz CT molecular complexity index is 1990. The zero-order valence-electron chi connectivity index (χ0n) is 27.4. The number of aliphatic hydroxyl groups excluding tert-OH is 1. The number of aromatic amines is 1. The number of benzene rings is 4. The van der Waals surface area contributed by atoms with Crippen LogP contribution in [0.25, 0.3) is 10.9 Å². The van der Waals surface area contributed by atoms with Gasteiger partial charge in [0.05, 0.1) is 24.3 Å². The van der Waals surface area contributed by atoms with Crippen LogP contribution in [-0.2, 0) is 6.54 Å². The Morgan fingerprint density at radius 3 is 2.38 bits per heavy atom. The average Bonchev–Trinajstić information content (AvgIpc) is 3.14.